The minimum atomic E-state index is -3.91. The highest BCUT2D eigenvalue weighted by Gasteiger charge is 2.28. The predicted molar refractivity (Wildman–Crippen MR) is 82.5 cm³/mol. The van der Waals surface area contributed by atoms with Gasteiger partial charge in [0, 0.05) is 23.8 Å². The first-order valence-electron chi connectivity index (χ1n) is 6.43. The van der Waals surface area contributed by atoms with Gasteiger partial charge in [0.15, 0.2) is 0 Å². The van der Waals surface area contributed by atoms with Gasteiger partial charge in [0.25, 0.3) is 0 Å². The lowest BCUT2D eigenvalue weighted by Crippen LogP contribution is -2.45. The third kappa shape index (κ3) is 3.94. The van der Waals surface area contributed by atoms with Gasteiger partial charge in [0.1, 0.15) is 10.0 Å². The van der Waals surface area contributed by atoms with Crippen molar-refractivity contribution >= 4 is 43.5 Å². The molecule has 0 aliphatic carbocycles. The standard InChI is InChI=1S/C12H15BrClN3O3S/c1-8(12(18)17-4-2-3-5-17)16-21(19,20)10-6-9(13)7-15-11(10)14/h6-8,16H,2-5H2,1H3. The summed E-state index contributed by atoms with van der Waals surface area (Å²) < 4.78 is 27.5. The van der Waals surface area contributed by atoms with Crippen molar-refractivity contribution in [2.45, 2.75) is 30.7 Å². The van der Waals surface area contributed by atoms with E-state index in [1.165, 1.54) is 19.2 Å². The number of hydrogen-bond donors (Lipinski definition) is 1. The average Bonchev–Trinajstić information content (AvgIpc) is 2.94. The SMILES string of the molecule is CC(NS(=O)(=O)c1cc(Br)cnc1Cl)C(=O)N1CCCC1. The zero-order valence-corrected chi connectivity index (χ0v) is 14.5. The van der Waals surface area contributed by atoms with Crippen molar-refractivity contribution in [1.82, 2.24) is 14.6 Å². The molecule has 1 atom stereocenters. The number of aromatic nitrogens is 1. The first kappa shape index (κ1) is 16.7. The van der Waals surface area contributed by atoms with Gasteiger partial charge in [-0.1, -0.05) is 11.6 Å². The van der Waals surface area contributed by atoms with Gasteiger partial charge < -0.3 is 4.90 Å². The van der Waals surface area contributed by atoms with Crippen molar-refractivity contribution < 1.29 is 13.2 Å². The van der Waals surface area contributed by atoms with E-state index in [4.69, 9.17) is 11.6 Å². The Bertz CT molecular complexity index is 647. The maximum Gasteiger partial charge on any atom is 0.244 e. The minimum Gasteiger partial charge on any atom is -0.341 e. The molecule has 2 rings (SSSR count). The van der Waals surface area contributed by atoms with Crippen LogP contribution in [0.5, 0.6) is 0 Å². The predicted octanol–water partition coefficient (Wildman–Crippen LogP) is 1.79. The Kier molecular flexibility index (Phi) is 5.24. The van der Waals surface area contributed by atoms with E-state index in [1.54, 1.807) is 4.90 Å². The van der Waals surface area contributed by atoms with Crippen molar-refractivity contribution in [1.29, 1.82) is 0 Å². The number of rotatable bonds is 4. The van der Waals surface area contributed by atoms with Crippen LogP contribution in [0.25, 0.3) is 0 Å². The molecule has 21 heavy (non-hydrogen) atoms. The van der Waals surface area contributed by atoms with Crippen LogP contribution in [-0.2, 0) is 14.8 Å². The number of sulfonamides is 1. The molecular weight excluding hydrogens is 382 g/mol. The Hall–Kier alpha value is -0.700. The van der Waals surface area contributed by atoms with Gasteiger partial charge in [-0.15, -0.1) is 0 Å². The Morgan fingerprint density at radius 2 is 2.10 bits per heavy atom. The number of pyridine rings is 1. The fourth-order valence-corrected chi connectivity index (χ4v) is 4.29. The van der Waals surface area contributed by atoms with Crippen molar-refractivity contribution in [3.63, 3.8) is 0 Å². The molecule has 9 heteroatoms. The van der Waals surface area contributed by atoms with Crippen molar-refractivity contribution in [3.05, 3.63) is 21.9 Å². The Labute approximate surface area is 137 Å². The summed E-state index contributed by atoms with van der Waals surface area (Å²) in [5.74, 6) is -0.227. The molecule has 1 saturated heterocycles. The van der Waals surface area contributed by atoms with Gasteiger partial charge in [-0.2, -0.15) is 4.72 Å². The summed E-state index contributed by atoms with van der Waals surface area (Å²) in [4.78, 5) is 17.4. The van der Waals surface area contributed by atoms with Gasteiger partial charge in [0.2, 0.25) is 15.9 Å². The Morgan fingerprint density at radius 3 is 2.71 bits per heavy atom. The van der Waals surface area contributed by atoms with E-state index < -0.39 is 16.1 Å². The lowest BCUT2D eigenvalue weighted by atomic mass is 10.3. The molecule has 1 aromatic rings. The van der Waals surface area contributed by atoms with Gasteiger partial charge >= 0.3 is 0 Å². The Balaban J connectivity index is 2.16. The number of carbonyl (C=O) groups is 1. The first-order chi connectivity index (χ1) is 9.81. The minimum absolute atomic E-state index is 0.133. The van der Waals surface area contributed by atoms with Crippen LogP contribution in [0.3, 0.4) is 0 Å². The van der Waals surface area contributed by atoms with E-state index in [-0.39, 0.29) is 16.0 Å². The molecule has 1 amide bonds. The number of carbonyl (C=O) groups excluding carboxylic acids is 1. The smallest absolute Gasteiger partial charge is 0.244 e. The summed E-state index contributed by atoms with van der Waals surface area (Å²) in [6.07, 6.45) is 3.30. The molecule has 2 heterocycles. The van der Waals surface area contributed by atoms with Crippen LogP contribution in [0.2, 0.25) is 5.15 Å². The van der Waals surface area contributed by atoms with Crippen LogP contribution in [-0.4, -0.2) is 43.3 Å². The number of likely N-dealkylation sites (tertiary alicyclic amines) is 1. The van der Waals surface area contributed by atoms with E-state index in [0.29, 0.717) is 17.6 Å². The van der Waals surface area contributed by atoms with Crippen LogP contribution < -0.4 is 4.72 Å². The summed E-state index contributed by atoms with van der Waals surface area (Å²) in [6, 6.07) is 0.508. The maximum atomic E-state index is 12.3. The molecule has 0 bridgehead atoms. The second-order valence-electron chi connectivity index (χ2n) is 4.82. The first-order valence-corrected chi connectivity index (χ1v) is 9.09. The zero-order chi connectivity index (χ0) is 15.6. The average molecular weight is 397 g/mol. The van der Waals surface area contributed by atoms with Crippen LogP contribution >= 0.6 is 27.5 Å². The molecule has 1 aliphatic heterocycles. The van der Waals surface area contributed by atoms with Crippen LogP contribution in [0.1, 0.15) is 19.8 Å². The molecule has 116 valence electrons. The highest BCUT2D eigenvalue weighted by Crippen LogP contribution is 2.23. The monoisotopic (exact) mass is 395 g/mol. The summed E-state index contributed by atoms with van der Waals surface area (Å²) in [7, 11) is -3.91. The van der Waals surface area contributed by atoms with Gasteiger partial charge in [-0.05, 0) is 41.8 Å². The van der Waals surface area contributed by atoms with E-state index in [2.05, 4.69) is 25.6 Å². The fourth-order valence-electron chi connectivity index (χ4n) is 2.15. The van der Waals surface area contributed by atoms with Gasteiger partial charge in [0.05, 0.1) is 6.04 Å². The molecule has 0 aromatic carbocycles. The number of halogens is 2. The van der Waals surface area contributed by atoms with E-state index >= 15 is 0 Å². The van der Waals surface area contributed by atoms with Crippen LogP contribution in [0.4, 0.5) is 0 Å². The number of nitrogens with zero attached hydrogens (tertiary/aromatic N) is 2. The van der Waals surface area contributed by atoms with Crippen LogP contribution in [0, 0.1) is 0 Å². The molecule has 1 unspecified atom stereocenters. The summed E-state index contributed by atoms with van der Waals surface area (Å²) >= 11 is 8.97. The van der Waals surface area contributed by atoms with E-state index in [9.17, 15) is 13.2 Å². The maximum absolute atomic E-state index is 12.3. The molecule has 0 radical (unpaired) electrons. The van der Waals surface area contributed by atoms with E-state index in [0.717, 1.165) is 12.8 Å². The quantitative estimate of drug-likeness (QED) is 0.787. The van der Waals surface area contributed by atoms with Crippen molar-refractivity contribution in [3.8, 4) is 0 Å². The third-order valence-electron chi connectivity index (χ3n) is 3.18. The molecule has 0 spiro atoms. The molecule has 1 aromatic heterocycles. The molecular formula is C12H15BrClN3O3S. The number of amides is 1. The number of hydrogen-bond acceptors (Lipinski definition) is 4. The second-order valence-corrected chi connectivity index (χ2v) is 7.77. The summed E-state index contributed by atoms with van der Waals surface area (Å²) in [6.45, 7) is 2.87. The van der Waals surface area contributed by atoms with Crippen molar-refractivity contribution in [2.75, 3.05) is 13.1 Å². The van der Waals surface area contributed by atoms with Crippen molar-refractivity contribution in [2.24, 2.45) is 0 Å². The Morgan fingerprint density at radius 1 is 1.48 bits per heavy atom. The highest BCUT2D eigenvalue weighted by atomic mass is 79.9. The topological polar surface area (TPSA) is 79.4 Å². The molecule has 6 nitrogen and oxygen atoms in total. The third-order valence-corrected chi connectivity index (χ3v) is 5.58. The second kappa shape index (κ2) is 6.60. The lowest BCUT2D eigenvalue weighted by Gasteiger charge is -2.21. The molecule has 1 aliphatic rings. The molecule has 0 saturated carbocycles. The van der Waals surface area contributed by atoms with Gasteiger partial charge in [-0.25, -0.2) is 13.4 Å². The van der Waals surface area contributed by atoms with E-state index in [1.807, 2.05) is 0 Å². The largest absolute Gasteiger partial charge is 0.341 e. The highest BCUT2D eigenvalue weighted by molar-refractivity contribution is 9.10. The van der Waals surface area contributed by atoms with Crippen LogP contribution in [0.15, 0.2) is 21.6 Å². The normalized spacial score (nSPS) is 17.0. The summed E-state index contributed by atoms with van der Waals surface area (Å²) in [5, 5.41) is -0.133. The number of nitrogens with one attached hydrogen (secondary N) is 1. The molecule has 1 fully saturated rings. The zero-order valence-electron chi connectivity index (χ0n) is 11.3. The molecule has 1 N–H and O–H groups in total. The van der Waals surface area contributed by atoms with Gasteiger partial charge in [-0.3, -0.25) is 4.79 Å². The lowest BCUT2D eigenvalue weighted by molar-refractivity contribution is -0.131. The fraction of sp³-hybridized carbons (Fsp3) is 0.500. The summed E-state index contributed by atoms with van der Waals surface area (Å²) in [5.41, 5.74) is 0.